The van der Waals surface area contributed by atoms with E-state index >= 15 is 0 Å². The Morgan fingerprint density at radius 1 is 0.964 bits per heavy atom. The van der Waals surface area contributed by atoms with Gasteiger partial charge in [-0.1, -0.05) is 43.2 Å². The van der Waals surface area contributed by atoms with Gasteiger partial charge in [0.15, 0.2) is 0 Å². The average molecular weight is 404 g/mol. The molecule has 2 heterocycles. The van der Waals surface area contributed by atoms with Gasteiger partial charge in [0.2, 0.25) is 15.9 Å². The molecule has 1 fully saturated rings. The summed E-state index contributed by atoms with van der Waals surface area (Å²) in [5.41, 5.74) is 0.280. The summed E-state index contributed by atoms with van der Waals surface area (Å²) < 4.78 is 28.4. The van der Waals surface area contributed by atoms with E-state index in [9.17, 15) is 18.0 Å². The van der Waals surface area contributed by atoms with Crippen LogP contribution in [0.15, 0.2) is 58.4 Å². The second-order valence-corrected chi connectivity index (χ2v) is 8.79. The molecule has 2 aromatic rings. The number of carbonyl (C=O) groups excluding carboxylic acids is 1. The summed E-state index contributed by atoms with van der Waals surface area (Å²) in [5, 5.41) is 2.75. The molecule has 1 aromatic heterocycles. The van der Waals surface area contributed by atoms with E-state index in [0.29, 0.717) is 19.6 Å². The second kappa shape index (κ2) is 9.16. The molecule has 0 unspecified atom stereocenters. The number of sulfonamides is 1. The highest BCUT2D eigenvalue weighted by Gasteiger charge is 2.28. The summed E-state index contributed by atoms with van der Waals surface area (Å²) in [6, 6.07) is 12.2. The van der Waals surface area contributed by atoms with Crippen LogP contribution in [0.5, 0.6) is 0 Å². The number of nitrogens with zero attached hydrogens (tertiary/aromatic N) is 2. The maximum Gasteiger partial charge on any atom is 0.271 e. The van der Waals surface area contributed by atoms with Crippen molar-refractivity contribution >= 4 is 15.9 Å². The molecule has 3 rings (SSSR count). The van der Waals surface area contributed by atoms with Gasteiger partial charge in [-0.25, -0.2) is 8.42 Å². The Hall–Kier alpha value is -2.45. The first-order valence-electron chi connectivity index (χ1n) is 9.49. The SMILES string of the molecule is O=C(Cn1cccc(S(=O)(=O)N2CCCCCC2)c1=O)NCc1ccccc1. The molecule has 1 aliphatic heterocycles. The lowest BCUT2D eigenvalue weighted by molar-refractivity contribution is -0.121. The minimum Gasteiger partial charge on any atom is -0.350 e. The molecular weight excluding hydrogens is 378 g/mol. The molecule has 1 saturated heterocycles. The van der Waals surface area contributed by atoms with Gasteiger partial charge in [-0.3, -0.25) is 9.59 Å². The van der Waals surface area contributed by atoms with E-state index in [2.05, 4.69) is 5.32 Å². The molecule has 1 aromatic carbocycles. The molecule has 7 nitrogen and oxygen atoms in total. The maximum absolute atomic E-state index is 12.9. The number of carbonyl (C=O) groups is 1. The predicted octanol–water partition coefficient (Wildman–Crippen LogP) is 1.73. The summed E-state index contributed by atoms with van der Waals surface area (Å²) in [5.74, 6) is -0.352. The number of rotatable bonds is 6. The number of aromatic nitrogens is 1. The van der Waals surface area contributed by atoms with Crippen molar-refractivity contribution in [2.24, 2.45) is 0 Å². The molecule has 0 spiro atoms. The molecule has 150 valence electrons. The quantitative estimate of drug-likeness (QED) is 0.796. The van der Waals surface area contributed by atoms with E-state index in [-0.39, 0.29) is 17.3 Å². The number of pyridine rings is 1. The number of nitrogens with one attached hydrogen (secondary N) is 1. The van der Waals surface area contributed by atoms with Gasteiger partial charge in [0.05, 0.1) is 0 Å². The van der Waals surface area contributed by atoms with Crippen LogP contribution in [0.25, 0.3) is 0 Å². The van der Waals surface area contributed by atoms with Gasteiger partial charge in [-0.2, -0.15) is 4.31 Å². The average Bonchev–Trinajstić information content (AvgIpc) is 2.99. The van der Waals surface area contributed by atoms with Crippen LogP contribution in [0.1, 0.15) is 31.2 Å². The minimum absolute atomic E-state index is 0.227. The summed E-state index contributed by atoms with van der Waals surface area (Å²) in [6.07, 6.45) is 5.01. The Balaban J connectivity index is 1.73. The van der Waals surface area contributed by atoms with Crippen molar-refractivity contribution in [3.8, 4) is 0 Å². The summed E-state index contributed by atoms with van der Waals surface area (Å²) >= 11 is 0. The van der Waals surface area contributed by atoms with Crippen LogP contribution < -0.4 is 10.9 Å². The highest BCUT2D eigenvalue weighted by atomic mass is 32.2. The molecule has 0 radical (unpaired) electrons. The molecule has 28 heavy (non-hydrogen) atoms. The predicted molar refractivity (Wildman–Crippen MR) is 106 cm³/mol. The van der Waals surface area contributed by atoms with E-state index in [1.54, 1.807) is 0 Å². The van der Waals surface area contributed by atoms with Crippen LogP contribution in [0, 0.1) is 0 Å². The second-order valence-electron chi connectivity index (χ2n) is 6.89. The maximum atomic E-state index is 12.9. The van der Waals surface area contributed by atoms with Gasteiger partial charge in [0.25, 0.3) is 5.56 Å². The largest absolute Gasteiger partial charge is 0.350 e. The summed E-state index contributed by atoms with van der Waals surface area (Å²) in [4.78, 5) is 24.7. The molecule has 1 aliphatic rings. The van der Waals surface area contributed by atoms with Crippen molar-refractivity contribution in [2.75, 3.05) is 13.1 Å². The van der Waals surface area contributed by atoms with E-state index in [0.717, 1.165) is 35.8 Å². The van der Waals surface area contributed by atoms with Crippen LogP contribution in [0.4, 0.5) is 0 Å². The Morgan fingerprint density at radius 2 is 1.64 bits per heavy atom. The van der Waals surface area contributed by atoms with Gasteiger partial charge in [-0.15, -0.1) is 0 Å². The van der Waals surface area contributed by atoms with Crippen LogP contribution in [-0.2, 0) is 27.9 Å². The highest BCUT2D eigenvalue weighted by Crippen LogP contribution is 2.17. The molecule has 1 amide bonds. The fourth-order valence-electron chi connectivity index (χ4n) is 3.26. The molecule has 0 bridgehead atoms. The van der Waals surface area contributed by atoms with E-state index < -0.39 is 15.6 Å². The Labute approximate surface area is 165 Å². The van der Waals surface area contributed by atoms with Gasteiger partial charge < -0.3 is 9.88 Å². The fraction of sp³-hybridized carbons (Fsp3) is 0.400. The number of amides is 1. The Kier molecular flexibility index (Phi) is 6.64. The minimum atomic E-state index is -3.86. The van der Waals surface area contributed by atoms with Crippen molar-refractivity contribution in [2.45, 2.75) is 43.7 Å². The Bertz CT molecular complexity index is 962. The van der Waals surface area contributed by atoms with Crippen LogP contribution in [-0.4, -0.2) is 36.3 Å². The van der Waals surface area contributed by atoms with Crippen LogP contribution >= 0.6 is 0 Å². The topological polar surface area (TPSA) is 88.5 Å². The molecule has 0 saturated carbocycles. The zero-order chi connectivity index (χ0) is 20.0. The third kappa shape index (κ3) is 4.88. The molecule has 0 aliphatic carbocycles. The van der Waals surface area contributed by atoms with Gasteiger partial charge in [-0.05, 0) is 30.5 Å². The first-order valence-corrected chi connectivity index (χ1v) is 10.9. The number of hydrogen-bond donors (Lipinski definition) is 1. The van der Waals surface area contributed by atoms with Gasteiger partial charge in [0.1, 0.15) is 11.4 Å². The standard InChI is InChI=1S/C20H25N3O4S/c24-19(21-15-17-9-4-3-5-10-17)16-22-12-8-11-18(20(22)25)28(26,27)23-13-6-1-2-7-14-23/h3-5,8-12H,1-2,6-7,13-16H2,(H,21,24). The first-order chi connectivity index (χ1) is 13.5. The number of hydrogen-bond acceptors (Lipinski definition) is 4. The monoisotopic (exact) mass is 403 g/mol. The molecule has 0 atom stereocenters. The summed E-state index contributed by atoms with van der Waals surface area (Å²) in [7, 11) is -3.86. The lowest BCUT2D eigenvalue weighted by Gasteiger charge is -2.20. The number of benzene rings is 1. The first kappa shape index (κ1) is 20.3. The van der Waals surface area contributed by atoms with Crippen molar-refractivity contribution in [3.63, 3.8) is 0 Å². The van der Waals surface area contributed by atoms with E-state index in [1.807, 2.05) is 30.3 Å². The van der Waals surface area contributed by atoms with Crippen molar-refractivity contribution in [3.05, 3.63) is 64.6 Å². The summed E-state index contributed by atoms with van der Waals surface area (Å²) in [6.45, 7) is 0.970. The van der Waals surface area contributed by atoms with Gasteiger partial charge >= 0.3 is 0 Å². The zero-order valence-corrected chi connectivity index (χ0v) is 16.5. The van der Waals surface area contributed by atoms with Crippen LogP contribution in [0.2, 0.25) is 0 Å². The van der Waals surface area contributed by atoms with Crippen LogP contribution in [0.3, 0.4) is 0 Å². The Morgan fingerprint density at radius 3 is 2.32 bits per heavy atom. The van der Waals surface area contributed by atoms with Crippen molar-refractivity contribution in [1.82, 2.24) is 14.2 Å². The highest BCUT2D eigenvalue weighted by molar-refractivity contribution is 7.89. The smallest absolute Gasteiger partial charge is 0.271 e. The van der Waals surface area contributed by atoms with Crippen molar-refractivity contribution < 1.29 is 13.2 Å². The van der Waals surface area contributed by atoms with Gasteiger partial charge in [0, 0.05) is 25.8 Å². The zero-order valence-electron chi connectivity index (χ0n) is 15.7. The lowest BCUT2D eigenvalue weighted by atomic mass is 10.2. The third-order valence-corrected chi connectivity index (χ3v) is 6.73. The van der Waals surface area contributed by atoms with E-state index in [1.165, 1.54) is 22.6 Å². The lowest BCUT2D eigenvalue weighted by Crippen LogP contribution is -2.38. The normalized spacial score (nSPS) is 15.7. The van der Waals surface area contributed by atoms with Crippen molar-refractivity contribution in [1.29, 1.82) is 0 Å². The molecule has 1 N–H and O–H groups in total. The third-order valence-electron chi connectivity index (χ3n) is 4.81. The molecule has 8 heteroatoms. The van der Waals surface area contributed by atoms with E-state index in [4.69, 9.17) is 0 Å². The molecular formula is C20H25N3O4S. The fourth-order valence-corrected chi connectivity index (χ4v) is 4.87.